The molecule has 1 amide bonds. The zero-order valence-corrected chi connectivity index (χ0v) is 14.0. The summed E-state index contributed by atoms with van der Waals surface area (Å²) in [5, 5.41) is 13.6. The van der Waals surface area contributed by atoms with E-state index < -0.39 is 4.92 Å². The molecule has 8 nitrogen and oxygen atoms in total. The minimum Gasteiger partial charge on any atom is -0.325 e. The molecular weight excluding hydrogens is 332 g/mol. The molecule has 2 N–H and O–H groups in total. The van der Waals surface area contributed by atoms with Crippen LogP contribution in [0.3, 0.4) is 0 Å². The van der Waals surface area contributed by atoms with Crippen LogP contribution in [0, 0.1) is 17.0 Å². The number of nitro benzene ring substituents is 1. The van der Waals surface area contributed by atoms with Crippen LogP contribution in [0.15, 0.2) is 34.2 Å². The van der Waals surface area contributed by atoms with Gasteiger partial charge in [-0.15, -0.1) is 0 Å². The second-order valence-corrected chi connectivity index (χ2v) is 5.89. The van der Waals surface area contributed by atoms with Crippen molar-refractivity contribution in [3.8, 4) is 0 Å². The lowest BCUT2D eigenvalue weighted by molar-refractivity contribution is -0.384. The third kappa shape index (κ3) is 4.42. The van der Waals surface area contributed by atoms with Gasteiger partial charge in [-0.05, 0) is 25.5 Å². The molecule has 0 aliphatic heterocycles. The van der Waals surface area contributed by atoms with Gasteiger partial charge in [0.05, 0.1) is 10.7 Å². The number of H-pyrrole nitrogens is 1. The Morgan fingerprint density at radius 2 is 2.04 bits per heavy atom. The minimum atomic E-state index is -0.508. The number of aromatic nitrogens is 2. The maximum atomic E-state index is 11.9. The third-order valence-electron chi connectivity index (χ3n) is 3.26. The summed E-state index contributed by atoms with van der Waals surface area (Å²) in [4.78, 5) is 40.7. The fourth-order valence-electron chi connectivity index (χ4n) is 2.07. The average Bonchev–Trinajstić information content (AvgIpc) is 2.53. The van der Waals surface area contributed by atoms with Gasteiger partial charge < -0.3 is 10.3 Å². The van der Waals surface area contributed by atoms with E-state index in [9.17, 15) is 19.7 Å². The van der Waals surface area contributed by atoms with Gasteiger partial charge in [0, 0.05) is 29.1 Å². The number of rotatable bonds is 6. The Kier molecular flexibility index (Phi) is 5.69. The number of aromatic amines is 1. The lowest BCUT2D eigenvalue weighted by atomic mass is 10.2. The Labute approximate surface area is 141 Å². The number of carbonyl (C=O) groups excluding carboxylic acids is 1. The summed E-state index contributed by atoms with van der Waals surface area (Å²) in [5.74, 6) is -0.237. The van der Waals surface area contributed by atoms with Crippen LogP contribution in [0.4, 0.5) is 11.4 Å². The van der Waals surface area contributed by atoms with Gasteiger partial charge >= 0.3 is 0 Å². The molecule has 2 rings (SSSR count). The number of nitrogens with zero attached hydrogens (tertiary/aromatic N) is 2. The normalized spacial score (nSPS) is 10.4. The number of anilines is 1. The first kappa shape index (κ1) is 17.7. The van der Waals surface area contributed by atoms with Crippen molar-refractivity contribution in [2.75, 3.05) is 11.1 Å². The van der Waals surface area contributed by atoms with Crippen molar-refractivity contribution < 1.29 is 9.72 Å². The molecule has 0 aliphatic carbocycles. The summed E-state index contributed by atoms with van der Waals surface area (Å²) in [7, 11) is 0. The maximum absolute atomic E-state index is 11.9. The fourth-order valence-corrected chi connectivity index (χ4v) is 2.77. The molecule has 1 aromatic carbocycles. The minimum absolute atomic E-state index is 0.0457. The van der Waals surface area contributed by atoms with Crippen LogP contribution in [0.2, 0.25) is 0 Å². The van der Waals surface area contributed by atoms with E-state index in [4.69, 9.17) is 0 Å². The number of hydrogen-bond acceptors (Lipinski definition) is 6. The van der Waals surface area contributed by atoms with Gasteiger partial charge in [0.2, 0.25) is 5.91 Å². The van der Waals surface area contributed by atoms with Crippen molar-refractivity contribution in [2.24, 2.45) is 0 Å². The Balaban J connectivity index is 1.96. The van der Waals surface area contributed by atoms with E-state index in [1.54, 1.807) is 6.92 Å². The van der Waals surface area contributed by atoms with E-state index >= 15 is 0 Å². The number of hydrogen-bond donors (Lipinski definition) is 2. The SMILES string of the molecule is CCc1c(C)nc(SCC(=O)Nc2ccc([N+](=O)[O-])cc2)[nH]c1=O. The summed E-state index contributed by atoms with van der Waals surface area (Å²) in [6, 6.07) is 5.55. The van der Waals surface area contributed by atoms with Gasteiger partial charge in [-0.2, -0.15) is 0 Å². The fraction of sp³-hybridized carbons (Fsp3) is 0.267. The van der Waals surface area contributed by atoms with Gasteiger partial charge in [0.25, 0.3) is 11.2 Å². The molecule has 0 bridgehead atoms. The van der Waals surface area contributed by atoms with E-state index in [-0.39, 0.29) is 22.9 Å². The molecule has 0 saturated carbocycles. The van der Waals surface area contributed by atoms with Crippen molar-refractivity contribution >= 4 is 29.0 Å². The van der Waals surface area contributed by atoms with Gasteiger partial charge in [0.1, 0.15) is 0 Å². The molecular formula is C15H16N4O4S. The van der Waals surface area contributed by atoms with Gasteiger partial charge in [-0.1, -0.05) is 18.7 Å². The van der Waals surface area contributed by atoms with Crippen molar-refractivity contribution in [2.45, 2.75) is 25.4 Å². The monoisotopic (exact) mass is 348 g/mol. The van der Waals surface area contributed by atoms with Crippen LogP contribution in [0.25, 0.3) is 0 Å². The molecule has 1 aromatic heterocycles. The Morgan fingerprint density at radius 1 is 1.38 bits per heavy atom. The summed E-state index contributed by atoms with van der Waals surface area (Å²) >= 11 is 1.12. The highest BCUT2D eigenvalue weighted by molar-refractivity contribution is 7.99. The first-order valence-electron chi connectivity index (χ1n) is 7.17. The van der Waals surface area contributed by atoms with E-state index in [1.807, 2.05) is 6.92 Å². The Morgan fingerprint density at radius 3 is 2.58 bits per heavy atom. The van der Waals surface area contributed by atoms with E-state index in [0.29, 0.717) is 28.5 Å². The van der Waals surface area contributed by atoms with Crippen molar-refractivity contribution in [3.63, 3.8) is 0 Å². The highest BCUT2D eigenvalue weighted by atomic mass is 32.2. The number of amides is 1. The predicted molar refractivity (Wildman–Crippen MR) is 91.4 cm³/mol. The predicted octanol–water partition coefficient (Wildman–Crippen LogP) is 2.28. The molecule has 0 fully saturated rings. The first-order chi connectivity index (χ1) is 11.4. The second-order valence-electron chi connectivity index (χ2n) is 4.93. The number of thioether (sulfide) groups is 1. The average molecular weight is 348 g/mol. The van der Waals surface area contributed by atoms with E-state index in [1.165, 1.54) is 24.3 Å². The van der Waals surface area contributed by atoms with Gasteiger partial charge in [-0.3, -0.25) is 19.7 Å². The topological polar surface area (TPSA) is 118 Å². The van der Waals surface area contributed by atoms with E-state index in [0.717, 1.165) is 11.8 Å². The molecule has 0 radical (unpaired) electrons. The first-order valence-corrected chi connectivity index (χ1v) is 8.16. The summed E-state index contributed by atoms with van der Waals surface area (Å²) in [5.41, 5.74) is 1.51. The van der Waals surface area contributed by atoms with Crippen LogP contribution in [-0.2, 0) is 11.2 Å². The molecule has 126 valence electrons. The zero-order chi connectivity index (χ0) is 17.7. The molecule has 0 aliphatic rings. The number of nitrogens with one attached hydrogen (secondary N) is 2. The van der Waals surface area contributed by atoms with Gasteiger partial charge in [-0.25, -0.2) is 4.98 Å². The Hall–Kier alpha value is -2.68. The molecule has 0 atom stereocenters. The quantitative estimate of drug-likeness (QED) is 0.358. The number of benzene rings is 1. The van der Waals surface area contributed by atoms with E-state index in [2.05, 4.69) is 15.3 Å². The lowest BCUT2D eigenvalue weighted by Gasteiger charge is -2.06. The van der Waals surface area contributed by atoms with Crippen LogP contribution >= 0.6 is 11.8 Å². The maximum Gasteiger partial charge on any atom is 0.269 e. The van der Waals surface area contributed by atoms with Crippen LogP contribution in [0.1, 0.15) is 18.2 Å². The standard InChI is InChI=1S/C15H16N4O4S/c1-3-12-9(2)16-15(18-14(12)21)24-8-13(20)17-10-4-6-11(7-5-10)19(22)23/h4-7H,3,8H2,1-2H3,(H,17,20)(H,16,18,21). The molecule has 2 aromatic rings. The highest BCUT2D eigenvalue weighted by Gasteiger charge is 2.10. The zero-order valence-electron chi connectivity index (χ0n) is 13.2. The molecule has 0 spiro atoms. The molecule has 0 saturated heterocycles. The molecule has 24 heavy (non-hydrogen) atoms. The second kappa shape index (κ2) is 7.73. The van der Waals surface area contributed by atoms with Gasteiger partial charge in [0.15, 0.2) is 5.16 Å². The lowest BCUT2D eigenvalue weighted by Crippen LogP contribution is -2.18. The van der Waals surface area contributed by atoms with Crippen LogP contribution in [0.5, 0.6) is 0 Å². The van der Waals surface area contributed by atoms with Crippen molar-refractivity contribution in [1.29, 1.82) is 0 Å². The number of aryl methyl sites for hydroxylation is 1. The number of carbonyl (C=O) groups is 1. The Bertz CT molecular complexity index is 817. The highest BCUT2D eigenvalue weighted by Crippen LogP contribution is 2.17. The molecule has 9 heteroatoms. The van der Waals surface area contributed by atoms with Crippen molar-refractivity contribution in [3.05, 3.63) is 56.0 Å². The number of nitro groups is 1. The molecule has 0 unspecified atom stereocenters. The third-order valence-corrected chi connectivity index (χ3v) is 4.13. The van der Waals surface area contributed by atoms with Crippen LogP contribution < -0.4 is 10.9 Å². The molecule has 1 heterocycles. The summed E-state index contributed by atoms with van der Waals surface area (Å²) in [6.45, 7) is 3.64. The largest absolute Gasteiger partial charge is 0.325 e. The number of non-ortho nitro benzene ring substituents is 1. The summed E-state index contributed by atoms with van der Waals surface area (Å²) in [6.07, 6.45) is 0.597. The summed E-state index contributed by atoms with van der Waals surface area (Å²) < 4.78 is 0. The smallest absolute Gasteiger partial charge is 0.269 e. The van der Waals surface area contributed by atoms with Crippen LogP contribution in [-0.4, -0.2) is 26.6 Å². The van der Waals surface area contributed by atoms with Crippen molar-refractivity contribution in [1.82, 2.24) is 9.97 Å².